The maximum absolute atomic E-state index is 12.7. The number of carbonyl (C=O) groups excluding carboxylic acids is 3. The van der Waals surface area contributed by atoms with Gasteiger partial charge in [0.2, 0.25) is 5.91 Å². The maximum Gasteiger partial charge on any atom is 0.338 e. The molecule has 0 aliphatic rings. The normalized spacial score (nSPS) is 10.8. The SMILES string of the molecule is CCCCOC(=O)c1ccc(NC(=O)Cn2cnc3sc(C(N)=O)c(C)c3c2=O)cc1. The third-order valence-electron chi connectivity index (χ3n) is 4.59. The lowest BCUT2D eigenvalue weighted by Gasteiger charge is -2.08. The van der Waals surface area contributed by atoms with Crippen LogP contribution in [0.15, 0.2) is 35.4 Å². The molecule has 0 saturated carbocycles. The third-order valence-corrected chi connectivity index (χ3v) is 5.80. The predicted molar refractivity (Wildman–Crippen MR) is 117 cm³/mol. The van der Waals surface area contributed by atoms with E-state index in [1.165, 1.54) is 10.9 Å². The van der Waals surface area contributed by atoms with Gasteiger partial charge >= 0.3 is 5.97 Å². The number of aromatic nitrogens is 2. The van der Waals surface area contributed by atoms with E-state index in [1.54, 1.807) is 31.2 Å². The Morgan fingerprint density at radius 3 is 2.58 bits per heavy atom. The summed E-state index contributed by atoms with van der Waals surface area (Å²) >= 11 is 1.05. The molecule has 0 bridgehead atoms. The van der Waals surface area contributed by atoms with Crippen LogP contribution in [0.4, 0.5) is 5.69 Å². The number of ether oxygens (including phenoxy) is 1. The second kappa shape index (κ2) is 9.52. The first kappa shape index (κ1) is 22.2. The highest BCUT2D eigenvalue weighted by molar-refractivity contribution is 7.20. The van der Waals surface area contributed by atoms with E-state index in [1.807, 2.05) is 6.92 Å². The van der Waals surface area contributed by atoms with Gasteiger partial charge in [0.15, 0.2) is 0 Å². The van der Waals surface area contributed by atoms with Crippen LogP contribution in [0.3, 0.4) is 0 Å². The van der Waals surface area contributed by atoms with Crippen LogP contribution < -0.4 is 16.6 Å². The lowest BCUT2D eigenvalue weighted by atomic mass is 10.2. The molecule has 0 radical (unpaired) electrons. The summed E-state index contributed by atoms with van der Waals surface area (Å²) in [6.07, 6.45) is 3.00. The summed E-state index contributed by atoms with van der Waals surface area (Å²) in [7, 11) is 0. The zero-order chi connectivity index (χ0) is 22.5. The average molecular weight is 442 g/mol. The first-order valence-electron chi connectivity index (χ1n) is 9.67. The number of esters is 1. The van der Waals surface area contributed by atoms with Crippen LogP contribution in [-0.2, 0) is 16.1 Å². The highest BCUT2D eigenvalue weighted by atomic mass is 32.1. The number of hydrogen-bond acceptors (Lipinski definition) is 7. The number of primary amides is 1. The van der Waals surface area contributed by atoms with Crippen LogP contribution >= 0.6 is 11.3 Å². The number of thiophene rings is 1. The van der Waals surface area contributed by atoms with E-state index in [9.17, 15) is 19.2 Å². The van der Waals surface area contributed by atoms with Gasteiger partial charge in [-0.25, -0.2) is 9.78 Å². The highest BCUT2D eigenvalue weighted by Crippen LogP contribution is 2.26. The number of fused-ring (bicyclic) bond motifs is 1. The summed E-state index contributed by atoms with van der Waals surface area (Å²) in [4.78, 5) is 53.4. The first-order chi connectivity index (χ1) is 14.8. The Labute approximate surface area is 181 Å². The van der Waals surface area contributed by atoms with Crippen LogP contribution in [0.25, 0.3) is 10.2 Å². The van der Waals surface area contributed by atoms with Gasteiger partial charge in [-0.1, -0.05) is 13.3 Å². The molecule has 162 valence electrons. The number of nitrogens with zero attached hydrogens (tertiary/aromatic N) is 2. The molecule has 2 aromatic heterocycles. The van der Waals surface area contributed by atoms with Crippen molar-refractivity contribution in [2.75, 3.05) is 11.9 Å². The topological polar surface area (TPSA) is 133 Å². The van der Waals surface area contributed by atoms with Crippen molar-refractivity contribution in [2.24, 2.45) is 5.73 Å². The lowest BCUT2D eigenvalue weighted by molar-refractivity contribution is -0.116. The fourth-order valence-electron chi connectivity index (χ4n) is 2.94. The van der Waals surface area contributed by atoms with Crippen LogP contribution in [0, 0.1) is 6.92 Å². The maximum atomic E-state index is 12.7. The zero-order valence-electron chi connectivity index (χ0n) is 17.1. The minimum absolute atomic E-state index is 0.260. The number of carbonyl (C=O) groups is 3. The van der Waals surface area contributed by atoms with Crippen molar-refractivity contribution in [3.63, 3.8) is 0 Å². The Hall–Kier alpha value is -3.53. The van der Waals surface area contributed by atoms with E-state index in [0.29, 0.717) is 28.3 Å². The second-order valence-corrected chi connectivity index (χ2v) is 7.89. The minimum atomic E-state index is -0.623. The van der Waals surface area contributed by atoms with Gasteiger partial charge in [-0.3, -0.25) is 19.0 Å². The van der Waals surface area contributed by atoms with Crippen molar-refractivity contribution in [1.29, 1.82) is 0 Å². The molecule has 1 aromatic carbocycles. The molecule has 9 nitrogen and oxygen atoms in total. The Balaban J connectivity index is 1.69. The van der Waals surface area contributed by atoms with Gasteiger partial charge in [0.25, 0.3) is 11.5 Å². The number of benzene rings is 1. The van der Waals surface area contributed by atoms with E-state index in [0.717, 1.165) is 24.2 Å². The fraction of sp³-hybridized carbons (Fsp3) is 0.286. The van der Waals surface area contributed by atoms with Crippen molar-refractivity contribution in [3.8, 4) is 0 Å². The Morgan fingerprint density at radius 1 is 1.23 bits per heavy atom. The molecular weight excluding hydrogens is 420 g/mol. The van der Waals surface area contributed by atoms with E-state index >= 15 is 0 Å². The Morgan fingerprint density at radius 2 is 1.94 bits per heavy atom. The molecule has 0 fully saturated rings. The molecule has 3 aromatic rings. The third kappa shape index (κ3) is 4.97. The highest BCUT2D eigenvalue weighted by Gasteiger charge is 2.18. The van der Waals surface area contributed by atoms with Crippen LogP contribution in [0.5, 0.6) is 0 Å². The minimum Gasteiger partial charge on any atom is -0.462 e. The smallest absolute Gasteiger partial charge is 0.338 e. The quantitative estimate of drug-likeness (QED) is 0.407. The standard InChI is InChI=1S/C21H22N4O5S/c1-3-4-9-30-21(29)13-5-7-14(8-6-13)24-15(26)10-25-11-23-19-16(20(25)28)12(2)17(31-19)18(22)27/h5-8,11H,3-4,9-10H2,1-2H3,(H2,22,27)(H,24,26). The molecule has 10 heteroatoms. The van der Waals surface area contributed by atoms with E-state index in [2.05, 4.69) is 10.3 Å². The second-order valence-electron chi connectivity index (χ2n) is 6.89. The molecule has 0 aliphatic carbocycles. The number of nitrogens with one attached hydrogen (secondary N) is 1. The fourth-order valence-corrected chi connectivity index (χ4v) is 3.94. The van der Waals surface area contributed by atoms with Crippen molar-refractivity contribution in [3.05, 3.63) is 57.0 Å². The monoisotopic (exact) mass is 442 g/mol. The van der Waals surface area contributed by atoms with Crippen LogP contribution in [0.2, 0.25) is 0 Å². The summed E-state index contributed by atoms with van der Waals surface area (Å²) in [5.41, 5.74) is 6.23. The van der Waals surface area contributed by atoms with Gasteiger partial charge in [-0.15, -0.1) is 11.3 Å². The summed E-state index contributed by atoms with van der Waals surface area (Å²) in [5, 5.41) is 2.95. The van der Waals surface area contributed by atoms with Gasteiger partial charge < -0.3 is 15.8 Å². The average Bonchev–Trinajstić information content (AvgIpc) is 3.08. The van der Waals surface area contributed by atoms with Crippen LogP contribution in [-0.4, -0.2) is 33.9 Å². The van der Waals surface area contributed by atoms with E-state index in [-0.39, 0.29) is 16.8 Å². The number of unbranched alkanes of at least 4 members (excludes halogenated alkanes) is 1. The molecule has 0 aliphatic heterocycles. The van der Waals surface area contributed by atoms with Crippen molar-refractivity contribution in [2.45, 2.75) is 33.2 Å². The summed E-state index contributed by atoms with van der Waals surface area (Å²) in [6.45, 7) is 3.74. The number of anilines is 1. The van der Waals surface area contributed by atoms with Crippen LogP contribution in [0.1, 0.15) is 45.4 Å². The summed E-state index contributed by atoms with van der Waals surface area (Å²) in [5.74, 6) is -1.48. The molecule has 31 heavy (non-hydrogen) atoms. The van der Waals surface area contributed by atoms with E-state index < -0.39 is 23.3 Å². The van der Waals surface area contributed by atoms with Crippen molar-refractivity contribution >= 4 is 45.0 Å². The molecule has 0 saturated heterocycles. The number of rotatable bonds is 8. The first-order valence-corrected chi connectivity index (χ1v) is 10.5. The van der Waals surface area contributed by atoms with Crippen molar-refractivity contribution < 1.29 is 19.1 Å². The number of amides is 2. The van der Waals surface area contributed by atoms with Crippen molar-refractivity contribution in [1.82, 2.24) is 9.55 Å². The predicted octanol–water partition coefficient (Wildman–Crippen LogP) is 2.46. The number of aryl methyl sites for hydroxylation is 1. The molecular formula is C21H22N4O5S. The van der Waals surface area contributed by atoms with Gasteiger partial charge in [0, 0.05) is 5.69 Å². The van der Waals surface area contributed by atoms with E-state index in [4.69, 9.17) is 10.5 Å². The van der Waals surface area contributed by atoms with Gasteiger partial charge in [-0.05, 0) is 43.2 Å². The molecule has 3 N–H and O–H groups in total. The molecule has 2 heterocycles. The van der Waals surface area contributed by atoms with Gasteiger partial charge in [0.1, 0.15) is 11.4 Å². The van der Waals surface area contributed by atoms with Gasteiger partial charge in [0.05, 0.1) is 28.8 Å². The lowest BCUT2D eigenvalue weighted by Crippen LogP contribution is -2.28. The number of hydrogen-bond donors (Lipinski definition) is 2. The summed E-state index contributed by atoms with van der Waals surface area (Å²) < 4.78 is 6.31. The molecule has 0 unspecified atom stereocenters. The molecule has 0 atom stereocenters. The largest absolute Gasteiger partial charge is 0.462 e. The number of nitrogens with two attached hydrogens (primary N) is 1. The zero-order valence-corrected chi connectivity index (χ0v) is 18.0. The molecule has 0 spiro atoms. The summed E-state index contributed by atoms with van der Waals surface area (Å²) in [6, 6.07) is 6.29. The Kier molecular flexibility index (Phi) is 6.81. The molecule has 3 rings (SSSR count). The molecule has 2 amide bonds. The van der Waals surface area contributed by atoms with Gasteiger partial charge in [-0.2, -0.15) is 0 Å². The Bertz CT molecular complexity index is 1200.